The summed E-state index contributed by atoms with van der Waals surface area (Å²) in [5.74, 6) is 0.762. The molecule has 0 aromatic heterocycles. The highest BCUT2D eigenvalue weighted by Gasteiger charge is 2.14. The van der Waals surface area contributed by atoms with Crippen molar-refractivity contribution in [3.8, 4) is 0 Å². The molecule has 2 aromatic rings. The van der Waals surface area contributed by atoms with Gasteiger partial charge in [-0.25, -0.2) is 4.99 Å². The highest BCUT2D eigenvalue weighted by Crippen LogP contribution is 2.28. The van der Waals surface area contributed by atoms with E-state index < -0.39 is 0 Å². The summed E-state index contributed by atoms with van der Waals surface area (Å²) in [6, 6.07) is 12.4. The van der Waals surface area contributed by atoms with Crippen molar-refractivity contribution < 1.29 is 4.74 Å². The van der Waals surface area contributed by atoms with Gasteiger partial charge in [-0.15, -0.1) is 0 Å². The number of rotatable bonds is 1. The van der Waals surface area contributed by atoms with Crippen LogP contribution in [-0.4, -0.2) is 19.0 Å². The summed E-state index contributed by atoms with van der Waals surface area (Å²) in [5.41, 5.74) is 1.07. The van der Waals surface area contributed by atoms with Crippen LogP contribution in [0.1, 0.15) is 5.56 Å². The molecule has 0 bridgehead atoms. The van der Waals surface area contributed by atoms with E-state index in [1.165, 1.54) is 10.8 Å². The Morgan fingerprint density at radius 1 is 1.12 bits per heavy atom. The summed E-state index contributed by atoms with van der Waals surface area (Å²) in [5, 5.41) is 2.37. The fourth-order valence-electron chi connectivity index (χ4n) is 1.97. The van der Waals surface area contributed by atoms with Crippen LogP contribution in [0.15, 0.2) is 45.9 Å². The second kappa shape index (κ2) is 3.91. The van der Waals surface area contributed by atoms with Gasteiger partial charge in [0.2, 0.25) is 5.90 Å². The molecule has 0 spiro atoms. The summed E-state index contributed by atoms with van der Waals surface area (Å²) in [7, 11) is 0. The van der Waals surface area contributed by atoms with E-state index in [0.717, 1.165) is 22.5 Å². The Bertz CT molecular complexity index is 572. The highest BCUT2D eigenvalue weighted by molar-refractivity contribution is 9.10. The van der Waals surface area contributed by atoms with Crippen LogP contribution >= 0.6 is 15.9 Å². The maximum Gasteiger partial charge on any atom is 0.216 e. The molecule has 0 saturated heterocycles. The van der Waals surface area contributed by atoms with E-state index in [9.17, 15) is 0 Å². The van der Waals surface area contributed by atoms with Gasteiger partial charge in [0.1, 0.15) is 6.61 Å². The van der Waals surface area contributed by atoms with Crippen molar-refractivity contribution in [3.05, 3.63) is 46.4 Å². The average Bonchev–Trinajstić information content (AvgIpc) is 2.82. The van der Waals surface area contributed by atoms with E-state index in [0.29, 0.717) is 6.61 Å². The Hall–Kier alpha value is -1.35. The number of hydrogen-bond donors (Lipinski definition) is 0. The molecule has 0 aliphatic carbocycles. The van der Waals surface area contributed by atoms with Gasteiger partial charge in [0.05, 0.1) is 6.54 Å². The van der Waals surface area contributed by atoms with Crippen molar-refractivity contribution >= 4 is 32.6 Å². The van der Waals surface area contributed by atoms with E-state index in [1.807, 2.05) is 18.2 Å². The number of ether oxygens (including phenoxy) is 1. The van der Waals surface area contributed by atoms with Gasteiger partial charge in [0, 0.05) is 15.4 Å². The zero-order valence-corrected chi connectivity index (χ0v) is 10.2. The summed E-state index contributed by atoms with van der Waals surface area (Å²) in [4.78, 5) is 4.37. The molecule has 0 saturated carbocycles. The largest absolute Gasteiger partial charge is 0.475 e. The molecule has 1 heterocycles. The number of benzene rings is 2. The minimum absolute atomic E-state index is 0.691. The van der Waals surface area contributed by atoms with Crippen molar-refractivity contribution in [1.82, 2.24) is 0 Å². The first kappa shape index (κ1) is 9.85. The zero-order chi connectivity index (χ0) is 11.0. The van der Waals surface area contributed by atoms with Gasteiger partial charge in [-0.2, -0.15) is 0 Å². The highest BCUT2D eigenvalue weighted by atomic mass is 79.9. The van der Waals surface area contributed by atoms with Gasteiger partial charge in [-0.1, -0.05) is 40.2 Å². The molecule has 2 nitrogen and oxygen atoms in total. The number of halogens is 1. The van der Waals surface area contributed by atoms with Crippen LogP contribution in [0.4, 0.5) is 0 Å². The Morgan fingerprint density at radius 3 is 2.69 bits per heavy atom. The van der Waals surface area contributed by atoms with Gasteiger partial charge < -0.3 is 4.74 Å². The maximum absolute atomic E-state index is 5.53. The van der Waals surface area contributed by atoms with E-state index in [2.05, 4.69) is 39.1 Å². The molecule has 0 amide bonds. The topological polar surface area (TPSA) is 21.6 Å². The summed E-state index contributed by atoms with van der Waals surface area (Å²) >= 11 is 3.58. The van der Waals surface area contributed by atoms with Gasteiger partial charge >= 0.3 is 0 Å². The molecule has 1 aliphatic heterocycles. The van der Waals surface area contributed by atoms with Crippen LogP contribution in [0.3, 0.4) is 0 Å². The van der Waals surface area contributed by atoms with Crippen LogP contribution in [0.2, 0.25) is 0 Å². The molecule has 2 aromatic carbocycles. The lowest BCUT2D eigenvalue weighted by Crippen LogP contribution is -2.02. The third-order valence-electron chi connectivity index (χ3n) is 2.67. The summed E-state index contributed by atoms with van der Waals surface area (Å²) < 4.78 is 6.61. The minimum atomic E-state index is 0.691. The monoisotopic (exact) mass is 275 g/mol. The van der Waals surface area contributed by atoms with Gasteiger partial charge in [-0.05, 0) is 17.5 Å². The normalized spacial score (nSPS) is 14.9. The lowest BCUT2D eigenvalue weighted by molar-refractivity contribution is 0.348. The summed E-state index contributed by atoms with van der Waals surface area (Å²) in [6.07, 6.45) is 0. The average molecular weight is 276 g/mol. The molecule has 3 rings (SSSR count). The van der Waals surface area contributed by atoms with Gasteiger partial charge in [-0.3, -0.25) is 0 Å². The van der Waals surface area contributed by atoms with Crippen LogP contribution < -0.4 is 0 Å². The van der Waals surface area contributed by atoms with Crippen LogP contribution in [0.5, 0.6) is 0 Å². The Morgan fingerprint density at radius 2 is 1.94 bits per heavy atom. The van der Waals surface area contributed by atoms with Gasteiger partial charge in [0.25, 0.3) is 0 Å². The first-order valence-corrected chi connectivity index (χ1v) is 6.00. The number of aliphatic imine (C=N–C) groups is 1. The molecule has 0 fully saturated rings. The zero-order valence-electron chi connectivity index (χ0n) is 8.61. The molecule has 80 valence electrons. The third kappa shape index (κ3) is 1.52. The van der Waals surface area contributed by atoms with E-state index >= 15 is 0 Å². The SMILES string of the molecule is Brc1cccc2cccc(C3=NCCO3)c12. The second-order valence-corrected chi connectivity index (χ2v) is 4.53. The Kier molecular flexibility index (Phi) is 2.40. The lowest BCUT2D eigenvalue weighted by Gasteiger charge is -2.07. The molecule has 0 atom stereocenters. The predicted molar refractivity (Wildman–Crippen MR) is 69.0 cm³/mol. The number of hydrogen-bond acceptors (Lipinski definition) is 2. The smallest absolute Gasteiger partial charge is 0.216 e. The van der Waals surface area contributed by atoms with Crippen molar-refractivity contribution in [1.29, 1.82) is 0 Å². The molecule has 1 aliphatic rings. The fourth-order valence-corrected chi connectivity index (χ4v) is 2.57. The first-order chi connectivity index (χ1) is 7.86. The van der Waals surface area contributed by atoms with Crippen molar-refractivity contribution in [3.63, 3.8) is 0 Å². The quantitative estimate of drug-likeness (QED) is 0.782. The van der Waals surface area contributed by atoms with Crippen molar-refractivity contribution in [2.75, 3.05) is 13.2 Å². The maximum atomic E-state index is 5.53. The molecular weight excluding hydrogens is 266 g/mol. The minimum Gasteiger partial charge on any atom is -0.475 e. The molecule has 3 heteroatoms. The number of nitrogens with zero attached hydrogens (tertiary/aromatic N) is 1. The van der Waals surface area contributed by atoms with Crippen molar-refractivity contribution in [2.45, 2.75) is 0 Å². The Labute approximate surface area is 102 Å². The van der Waals surface area contributed by atoms with E-state index in [-0.39, 0.29) is 0 Å². The predicted octanol–water partition coefficient (Wildman–Crippen LogP) is 3.38. The second-order valence-electron chi connectivity index (χ2n) is 3.68. The Balaban J connectivity index is 2.31. The molecule has 16 heavy (non-hydrogen) atoms. The fraction of sp³-hybridized carbons (Fsp3) is 0.154. The standard InChI is InChI=1S/C13H10BrNO/c14-11-6-2-4-9-3-1-5-10(12(9)11)13-15-7-8-16-13/h1-6H,7-8H2. The molecule has 0 unspecified atom stereocenters. The molecular formula is C13H10BrNO. The van der Waals surface area contributed by atoms with Crippen LogP contribution in [-0.2, 0) is 4.74 Å². The first-order valence-electron chi connectivity index (χ1n) is 5.21. The van der Waals surface area contributed by atoms with Crippen molar-refractivity contribution in [2.24, 2.45) is 4.99 Å². The van der Waals surface area contributed by atoms with Gasteiger partial charge in [0.15, 0.2) is 0 Å². The van der Waals surface area contributed by atoms with E-state index in [4.69, 9.17) is 4.74 Å². The molecule has 0 N–H and O–H groups in total. The number of fused-ring (bicyclic) bond motifs is 1. The van der Waals surface area contributed by atoms with Crippen LogP contribution in [0.25, 0.3) is 10.8 Å². The lowest BCUT2D eigenvalue weighted by atomic mass is 10.0. The summed E-state index contributed by atoms with van der Waals surface area (Å²) in [6.45, 7) is 1.45. The molecule has 0 radical (unpaired) electrons. The van der Waals surface area contributed by atoms with Crippen LogP contribution in [0, 0.1) is 0 Å². The third-order valence-corrected chi connectivity index (χ3v) is 3.33. The van der Waals surface area contributed by atoms with E-state index in [1.54, 1.807) is 0 Å².